The molecule has 0 aromatic carbocycles. The van der Waals surface area contributed by atoms with Gasteiger partial charge in [-0.05, 0) is 13.3 Å². The maximum Gasteiger partial charge on any atom is 0.409 e. The monoisotopic (exact) mass is 188 g/mol. The van der Waals surface area contributed by atoms with Crippen molar-refractivity contribution in [3.63, 3.8) is 0 Å². The second-order valence-corrected chi connectivity index (χ2v) is 2.83. The summed E-state index contributed by atoms with van der Waals surface area (Å²) in [4.78, 5) is 12.9. The van der Waals surface area contributed by atoms with Crippen molar-refractivity contribution in [2.45, 2.75) is 26.7 Å². The van der Waals surface area contributed by atoms with Gasteiger partial charge >= 0.3 is 6.09 Å². The summed E-state index contributed by atoms with van der Waals surface area (Å²) >= 11 is 0. The number of carbonyl (C=O) groups is 1. The smallest absolute Gasteiger partial charge is 0.409 e. The highest BCUT2D eigenvalue weighted by Gasteiger charge is 2.11. The normalized spacial score (nSPS) is 9.77. The second kappa shape index (κ2) is 7.86. The van der Waals surface area contributed by atoms with E-state index in [9.17, 15) is 4.79 Å². The van der Waals surface area contributed by atoms with E-state index in [1.165, 1.54) is 0 Å². The highest BCUT2D eigenvalue weighted by atomic mass is 16.6. The van der Waals surface area contributed by atoms with Crippen LogP contribution in [0.2, 0.25) is 0 Å². The number of ether oxygens (including phenoxy) is 1. The molecule has 2 N–H and O–H groups in total. The van der Waals surface area contributed by atoms with Gasteiger partial charge in [0.25, 0.3) is 0 Å². The lowest BCUT2D eigenvalue weighted by Crippen LogP contribution is -2.36. The summed E-state index contributed by atoms with van der Waals surface area (Å²) < 4.78 is 4.89. The number of hydrogen-bond donors (Lipinski definition) is 1. The summed E-state index contributed by atoms with van der Waals surface area (Å²) in [6.45, 7) is 6.13. The van der Waals surface area contributed by atoms with Gasteiger partial charge in [0.15, 0.2) is 0 Å². The molecular weight excluding hydrogens is 168 g/mol. The number of hydrogen-bond acceptors (Lipinski definition) is 3. The van der Waals surface area contributed by atoms with E-state index in [4.69, 9.17) is 10.5 Å². The minimum absolute atomic E-state index is 0.249. The van der Waals surface area contributed by atoms with Gasteiger partial charge in [0.1, 0.15) is 0 Å². The lowest BCUT2D eigenvalue weighted by atomic mass is 10.3. The first-order valence-corrected chi connectivity index (χ1v) is 4.88. The van der Waals surface area contributed by atoms with Crippen LogP contribution in [0.1, 0.15) is 26.7 Å². The highest BCUT2D eigenvalue weighted by Crippen LogP contribution is 1.97. The molecule has 0 saturated carbocycles. The third-order valence-corrected chi connectivity index (χ3v) is 1.71. The molecule has 0 fully saturated rings. The number of unbranched alkanes of at least 4 members (excludes halogenated alkanes) is 1. The number of nitrogens with zero attached hydrogens (tertiary/aromatic N) is 1. The maximum absolute atomic E-state index is 11.3. The van der Waals surface area contributed by atoms with E-state index >= 15 is 0 Å². The van der Waals surface area contributed by atoms with Gasteiger partial charge in [-0.3, -0.25) is 0 Å². The van der Waals surface area contributed by atoms with Crippen LogP contribution in [0, 0.1) is 0 Å². The number of carbonyl (C=O) groups excluding carboxylic acids is 1. The standard InChI is InChI=1S/C9H20N2O2/c1-3-5-7-11(8-6-10)9(12)13-4-2/h3-8,10H2,1-2H3. The molecule has 0 unspecified atom stereocenters. The van der Waals surface area contributed by atoms with Crippen LogP contribution in [0.3, 0.4) is 0 Å². The zero-order chi connectivity index (χ0) is 10.1. The molecule has 0 aromatic heterocycles. The van der Waals surface area contributed by atoms with E-state index in [-0.39, 0.29) is 6.09 Å². The number of nitrogens with two attached hydrogens (primary N) is 1. The third-order valence-electron chi connectivity index (χ3n) is 1.71. The SMILES string of the molecule is CCCCN(CCN)C(=O)OCC. The van der Waals surface area contributed by atoms with E-state index < -0.39 is 0 Å². The Balaban J connectivity index is 3.83. The average molecular weight is 188 g/mol. The van der Waals surface area contributed by atoms with Crippen molar-refractivity contribution in [1.29, 1.82) is 0 Å². The Morgan fingerprint density at radius 3 is 2.54 bits per heavy atom. The molecule has 0 aliphatic carbocycles. The van der Waals surface area contributed by atoms with Crippen molar-refractivity contribution in [3.05, 3.63) is 0 Å². The molecule has 0 saturated heterocycles. The van der Waals surface area contributed by atoms with Crippen LogP contribution >= 0.6 is 0 Å². The van der Waals surface area contributed by atoms with Crippen LogP contribution < -0.4 is 5.73 Å². The van der Waals surface area contributed by atoms with Gasteiger partial charge in [0.2, 0.25) is 0 Å². The van der Waals surface area contributed by atoms with Gasteiger partial charge in [-0.2, -0.15) is 0 Å². The third kappa shape index (κ3) is 5.47. The minimum atomic E-state index is -0.249. The molecule has 78 valence electrons. The van der Waals surface area contributed by atoms with Crippen molar-refractivity contribution in [1.82, 2.24) is 4.90 Å². The quantitative estimate of drug-likeness (QED) is 0.681. The zero-order valence-electron chi connectivity index (χ0n) is 8.58. The molecule has 0 aromatic rings. The van der Waals surface area contributed by atoms with E-state index in [1.54, 1.807) is 11.8 Å². The molecule has 1 amide bonds. The van der Waals surface area contributed by atoms with E-state index in [2.05, 4.69) is 6.92 Å². The largest absolute Gasteiger partial charge is 0.450 e. The molecule has 0 aliphatic heterocycles. The Kier molecular flexibility index (Phi) is 7.39. The fourth-order valence-corrected chi connectivity index (χ4v) is 1.01. The summed E-state index contributed by atoms with van der Waals surface area (Å²) in [5.74, 6) is 0. The molecular formula is C9H20N2O2. The first kappa shape index (κ1) is 12.2. The molecule has 0 aliphatic rings. The van der Waals surface area contributed by atoms with Crippen molar-refractivity contribution in [2.24, 2.45) is 5.73 Å². The Morgan fingerprint density at radius 1 is 1.38 bits per heavy atom. The Bertz CT molecular complexity index is 140. The Morgan fingerprint density at radius 2 is 2.08 bits per heavy atom. The predicted molar refractivity (Wildman–Crippen MR) is 52.6 cm³/mol. The summed E-state index contributed by atoms with van der Waals surface area (Å²) in [7, 11) is 0. The van der Waals surface area contributed by atoms with Crippen LogP contribution in [0.5, 0.6) is 0 Å². The van der Waals surface area contributed by atoms with Crippen LogP contribution in [0.25, 0.3) is 0 Å². The second-order valence-electron chi connectivity index (χ2n) is 2.83. The van der Waals surface area contributed by atoms with Gasteiger partial charge in [-0.1, -0.05) is 13.3 Å². The van der Waals surface area contributed by atoms with Gasteiger partial charge in [-0.25, -0.2) is 4.79 Å². The van der Waals surface area contributed by atoms with Crippen molar-refractivity contribution < 1.29 is 9.53 Å². The average Bonchev–Trinajstić information content (AvgIpc) is 2.12. The summed E-state index contributed by atoms with van der Waals surface area (Å²) in [6.07, 6.45) is 1.82. The lowest BCUT2D eigenvalue weighted by Gasteiger charge is -2.20. The lowest BCUT2D eigenvalue weighted by molar-refractivity contribution is 0.108. The summed E-state index contributed by atoms with van der Waals surface area (Å²) in [5.41, 5.74) is 5.39. The number of amides is 1. The number of rotatable bonds is 6. The molecule has 13 heavy (non-hydrogen) atoms. The highest BCUT2D eigenvalue weighted by molar-refractivity contribution is 5.67. The first-order chi connectivity index (χ1) is 6.26. The topological polar surface area (TPSA) is 55.6 Å². The Labute approximate surface area is 80.0 Å². The zero-order valence-corrected chi connectivity index (χ0v) is 8.58. The predicted octanol–water partition coefficient (Wildman–Crippen LogP) is 1.20. The van der Waals surface area contributed by atoms with Crippen molar-refractivity contribution in [3.8, 4) is 0 Å². The van der Waals surface area contributed by atoms with Gasteiger partial charge in [0, 0.05) is 19.6 Å². The molecule has 0 spiro atoms. The van der Waals surface area contributed by atoms with Crippen LogP contribution in [-0.2, 0) is 4.74 Å². The van der Waals surface area contributed by atoms with E-state index in [1.807, 2.05) is 0 Å². The summed E-state index contributed by atoms with van der Waals surface area (Å²) in [6, 6.07) is 0. The molecule has 0 bridgehead atoms. The van der Waals surface area contributed by atoms with E-state index in [0.29, 0.717) is 19.7 Å². The van der Waals surface area contributed by atoms with Crippen molar-refractivity contribution in [2.75, 3.05) is 26.2 Å². The van der Waals surface area contributed by atoms with Gasteiger partial charge < -0.3 is 15.4 Å². The molecule has 4 heteroatoms. The van der Waals surface area contributed by atoms with Crippen molar-refractivity contribution >= 4 is 6.09 Å². The van der Waals surface area contributed by atoms with Gasteiger partial charge in [0.05, 0.1) is 6.61 Å². The first-order valence-electron chi connectivity index (χ1n) is 4.88. The van der Waals surface area contributed by atoms with E-state index in [0.717, 1.165) is 19.4 Å². The fourth-order valence-electron chi connectivity index (χ4n) is 1.01. The Hall–Kier alpha value is -0.770. The molecule has 0 rings (SSSR count). The van der Waals surface area contributed by atoms with Crippen LogP contribution in [-0.4, -0.2) is 37.2 Å². The molecule has 0 heterocycles. The van der Waals surface area contributed by atoms with Crippen LogP contribution in [0.4, 0.5) is 4.79 Å². The molecule has 0 atom stereocenters. The molecule has 4 nitrogen and oxygen atoms in total. The maximum atomic E-state index is 11.3. The molecule has 0 radical (unpaired) electrons. The van der Waals surface area contributed by atoms with Crippen LogP contribution in [0.15, 0.2) is 0 Å². The fraction of sp³-hybridized carbons (Fsp3) is 0.889. The minimum Gasteiger partial charge on any atom is -0.450 e. The van der Waals surface area contributed by atoms with Gasteiger partial charge in [-0.15, -0.1) is 0 Å². The summed E-state index contributed by atoms with van der Waals surface area (Å²) in [5, 5.41) is 0.